The summed E-state index contributed by atoms with van der Waals surface area (Å²) in [5.74, 6) is 1.36. The van der Waals surface area contributed by atoms with Crippen LogP contribution in [0.1, 0.15) is 16.7 Å². The average Bonchev–Trinajstić information content (AvgIpc) is 2.65. The molecule has 0 amide bonds. The second-order valence-electron chi connectivity index (χ2n) is 6.38. The first kappa shape index (κ1) is 20.8. The minimum Gasteiger partial charge on any atom is -0.493 e. The van der Waals surface area contributed by atoms with E-state index >= 15 is 0 Å². The van der Waals surface area contributed by atoms with E-state index in [9.17, 15) is 0 Å². The van der Waals surface area contributed by atoms with Gasteiger partial charge < -0.3 is 14.8 Å². The number of hydrogen-bond donors (Lipinski definition) is 1. The molecule has 0 atom stereocenters. The highest BCUT2D eigenvalue weighted by atomic mass is 79.9. The fourth-order valence-corrected chi connectivity index (χ4v) is 3.79. The van der Waals surface area contributed by atoms with Gasteiger partial charge in [0.25, 0.3) is 0 Å². The van der Waals surface area contributed by atoms with Crippen LogP contribution in [0, 0.1) is 6.92 Å². The second-order valence-corrected chi connectivity index (χ2v) is 8.11. The third-order valence-corrected chi connectivity index (χ3v) is 5.33. The normalized spacial score (nSPS) is 10.6. The van der Waals surface area contributed by atoms with Gasteiger partial charge in [0.1, 0.15) is 6.61 Å². The smallest absolute Gasteiger partial charge is 0.162 e. The molecular weight excluding hydrogens is 461 g/mol. The first-order valence-electron chi connectivity index (χ1n) is 8.69. The summed E-state index contributed by atoms with van der Waals surface area (Å²) in [6.45, 7) is 3.12. The monoisotopic (exact) mass is 479 g/mol. The summed E-state index contributed by atoms with van der Waals surface area (Å²) in [5.41, 5.74) is 4.19. The van der Waals surface area contributed by atoms with Gasteiger partial charge in [0, 0.05) is 26.8 Å². The number of hydrogen-bond acceptors (Lipinski definition) is 3. The summed E-state index contributed by atoms with van der Waals surface area (Å²) in [6.07, 6.45) is 0. The van der Waals surface area contributed by atoms with Gasteiger partial charge in [-0.05, 0) is 48.4 Å². The predicted molar refractivity (Wildman–Crippen MR) is 120 cm³/mol. The molecule has 0 spiro atoms. The molecule has 0 heterocycles. The highest BCUT2D eigenvalue weighted by Crippen LogP contribution is 2.35. The Hall–Kier alpha value is -1.88. The van der Waals surface area contributed by atoms with Gasteiger partial charge in [-0.1, -0.05) is 69.0 Å². The van der Waals surface area contributed by atoms with Gasteiger partial charge in [-0.25, -0.2) is 0 Å². The molecule has 1 N–H and O–H groups in total. The zero-order valence-electron chi connectivity index (χ0n) is 15.6. The molecule has 3 rings (SSSR count). The lowest BCUT2D eigenvalue weighted by Gasteiger charge is -2.15. The highest BCUT2D eigenvalue weighted by molar-refractivity contribution is 9.10. The van der Waals surface area contributed by atoms with Crippen LogP contribution in [-0.2, 0) is 13.2 Å². The van der Waals surface area contributed by atoms with Crippen LogP contribution in [0.2, 0.25) is 10.0 Å². The van der Waals surface area contributed by atoms with Gasteiger partial charge >= 0.3 is 0 Å². The topological polar surface area (TPSA) is 30.5 Å². The summed E-state index contributed by atoms with van der Waals surface area (Å²) in [5, 5.41) is 4.50. The second kappa shape index (κ2) is 9.55. The van der Waals surface area contributed by atoms with Gasteiger partial charge in [0.05, 0.1) is 7.11 Å². The number of anilines is 1. The molecule has 0 saturated carbocycles. The SMILES string of the molecule is COc1cc(CNc2cc(Cl)cc(Cl)c2)c(Br)cc1OCc1cccc(C)c1. The van der Waals surface area contributed by atoms with E-state index in [-0.39, 0.29) is 0 Å². The van der Waals surface area contributed by atoms with Crippen molar-refractivity contribution in [3.63, 3.8) is 0 Å². The first-order valence-corrected chi connectivity index (χ1v) is 10.2. The molecule has 146 valence electrons. The quantitative estimate of drug-likeness (QED) is 0.385. The van der Waals surface area contributed by atoms with Gasteiger partial charge in [-0.3, -0.25) is 0 Å². The Kier molecular flexibility index (Phi) is 7.11. The van der Waals surface area contributed by atoms with Gasteiger partial charge in [-0.2, -0.15) is 0 Å². The number of aryl methyl sites for hydroxylation is 1. The van der Waals surface area contributed by atoms with Crippen LogP contribution >= 0.6 is 39.1 Å². The molecule has 0 saturated heterocycles. The minimum atomic E-state index is 0.475. The molecule has 0 radical (unpaired) electrons. The van der Waals surface area contributed by atoms with Crippen molar-refractivity contribution in [1.82, 2.24) is 0 Å². The predicted octanol–water partition coefficient (Wildman–Crippen LogP) is 7.26. The van der Waals surface area contributed by atoms with Crippen molar-refractivity contribution < 1.29 is 9.47 Å². The van der Waals surface area contributed by atoms with Crippen molar-refractivity contribution in [2.24, 2.45) is 0 Å². The highest BCUT2D eigenvalue weighted by Gasteiger charge is 2.11. The van der Waals surface area contributed by atoms with Crippen molar-refractivity contribution >= 4 is 44.8 Å². The van der Waals surface area contributed by atoms with E-state index < -0.39 is 0 Å². The van der Waals surface area contributed by atoms with E-state index in [4.69, 9.17) is 32.7 Å². The molecule has 0 aliphatic rings. The lowest BCUT2D eigenvalue weighted by molar-refractivity contribution is 0.284. The molecule has 3 nitrogen and oxygen atoms in total. The Bertz CT molecular complexity index is 958. The third kappa shape index (κ3) is 5.57. The van der Waals surface area contributed by atoms with Crippen molar-refractivity contribution in [2.75, 3.05) is 12.4 Å². The lowest BCUT2D eigenvalue weighted by Crippen LogP contribution is -2.03. The standard InChI is InChI=1S/C22H20BrCl2NO2/c1-14-4-3-5-15(6-14)13-28-22-11-20(23)16(7-21(22)27-2)12-26-19-9-17(24)8-18(25)10-19/h3-11,26H,12-13H2,1-2H3. The number of rotatable bonds is 7. The summed E-state index contributed by atoms with van der Waals surface area (Å²) < 4.78 is 12.4. The summed E-state index contributed by atoms with van der Waals surface area (Å²) in [4.78, 5) is 0. The fraction of sp³-hybridized carbons (Fsp3) is 0.182. The molecule has 0 aliphatic heterocycles. The summed E-state index contributed by atoms with van der Waals surface area (Å²) in [7, 11) is 1.64. The van der Waals surface area contributed by atoms with E-state index in [0.717, 1.165) is 21.3 Å². The van der Waals surface area contributed by atoms with Crippen LogP contribution in [0.25, 0.3) is 0 Å². The van der Waals surface area contributed by atoms with Crippen LogP contribution in [0.4, 0.5) is 5.69 Å². The number of methoxy groups -OCH3 is 1. The van der Waals surface area contributed by atoms with Crippen LogP contribution in [0.5, 0.6) is 11.5 Å². The number of benzene rings is 3. The first-order chi connectivity index (χ1) is 13.4. The summed E-state index contributed by atoms with van der Waals surface area (Å²) in [6, 6.07) is 17.5. The Morgan fingerprint density at radius 2 is 1.71 bits per heavy atom. The Morgan fingerprint density at radius 3 is 2.39 bits per heavy atom. The molecule has 3 aromatic carbocycles. The van der Waals surface area contributed by atoms with Crippen molar-refractivity contribution in [3.05, 3.63) is 85.8 Å². The molecule has 0 aromatic heterocycles. The van der Waals surface area contributed by atoms with E-state index in [0.29, 0.717) is 34.7 Å². The number of ether oxygens (including phenoxy) is 2. The van der Waals surface area contributed by atoms with Crippen LogP contribution in [-0.4, -0.2) is 7.11 Å². The maximum Gasteiger partial charge on any atom is 0.162 e. The van der Waals surface area contributed by atoms with Gasteiger partial charge in [0.2, 0.25) is 0 Å². The zero-order valence-corrected chi connectivity index (χ0v) is 18.7. The largest absolute Gasteiger partial charge is 0.493 e. The maximum atomic E-state index is 6.06. The van der Waals surface area contributed by atoms with Crippen molar-refractivity contribution in [2.45, 2.75) is 20.1 Å². The maximum absolute atomic E-state index is 6.06. The molecular formula is C22H20BrCl2NO2. The van der Waals surface area contributed by atoms with Gasteiger partial charge in [-0.15, -0.1) is 0 Å². The Balaban J connectivity index is 1.73. The van der Waals surface area contributed by atoms with Crippen molar-refractivity contribution in [1.29, 1.82) is 0 Å². The number of nitrogens with one attached hydrogen (secondary N) is 1. The van der Waals surface area contributed by atoms with E-state index in [1.54, 1.807) is 13.2 Å². The minimum absolute atomic E-state index is 0.475. The van der Waals surface area contributed by atoms with Crippen LogP contribution in [0.3, 0.4) is 0 Å². The Morgan fingerprint density at radius 1 is 0.964 bits per heavy atom. The molecule has 0 bridgehead atoms. The van der Waals surface area contributed by atoms with Crippen LogP contribution < -0.4 is 14.8 Å². The molecule has 0 aliphatic carbocycles. The third-order valence-electron chi connectivity index (χ3n) is 4.16. The molecule has 28 heavy (non-hydrogen) atoms. The van der Waals surface area contributed by atoms with Gasteiger partial charge in [0.15, 0.2) is 11.5 Å². The Labute approximate surface area is 183 Å². The zero-order chi connectivity index (χ0) is 20.1. The number of halogens is 3. The average molecular weight is 481 g/mol. The summed E-state index contributed by atoms with van der Waals surface area (Å²) >= 11 is 15.7. The fourth-order valence-electron chi connectivity index (χ4n) is 2.80. The molecule has 0 fully saturated rings. The van der Waals surface area contributed by atoms with E-state index in [1.165, 1.54) is 5.56 Å². The van der Waals surface area contributed by atoms with E-state index in [2.05, 4.69) is 40.3 Å². The molecule has 3 aromatic rings. The molecule has 0 unspecified atom stereocenters. The van der Waals surface area contributed by atoms with Crippen molar-refractivity contribution in [3.8, 4) is 11.5 Å². The van der Waals surface area contributed by atoms with E-state index in [1.807, 2.05) is 36.4 Å². The molecule has 6 heteroatoms. The lowest BCUT2D eigenvalue weighted by atomic mass is 10.1. The van der Waals surface area contributed by atoms with Crippen LogP contribution in [0.15, 0.2) is 59.1 Å².